The highest BCUT2D eigenvalue weighted by molar-refractivity contribution is 7.10. The number of nitrogens with zero attached hydrogens (tertiary/aromatic N) is 2. The molecule has 0 bridgehead atoms. The molecule has 3 heterocycles. The van der Waals surface area contributed by atoms with Crippen LogP contribution in [0.15, 0.2) is 41.8 Å². The summed E-state index contributed by atoms with van der Waals surface area (Å²) in [5.41, 5.74) is 3.13. The van der Waals surface area contributed by atoms with Gasteiger partial charge in [0, 0.05) is 18.0 Å². The molecule has 1 amide bonds. The van der Waals surface area contributed by atoms with Crippen LogP contribution in [0, 0.1) is 0 Å². The lowest BCUT2D eigenvalue weighted by Crippen LogP contribution is -2.29. The lowest BCUT2D eigenvalue weighted by atomic mass is 10.1. The quantitative estimate of drug-likeness (QED) is 0.727. The number of hydrogen-bond acceptors (Lipinski definition) is 5. The second-order valence-corrected chi connectivity index (χ2v) is 7.39. The molecule has 1 aromatic carbocycles. The minimum Gasteiger partial charge on any atom is -0.497 e. The van der Waals surface area contributed by atoms with Crippen LogP contribution in [0.2, 0.25) is 0 Å². The normalized spacial score (nSPS) is 16.0. The van der Waals surface area contributed by atoms with Crippen LogP contribution in [0.1, 0.15) is 23.0 Å². The molecule has 0 aliphatic carbocycles. The van der Waals surface area contributed by atoms with Gasteiger partial charge in [-0.2, -0.15) is 5.10 Å². The molecule has 1 atom stereocenters. The van der Waals surface area contributed by atoms with Crippen molar-refractivity contribution in [3.63, 3.8) is 0 Å². The molecule has 1 N–H and O–H groups in total. The van der Waals surface area contributed by atoms with Gasteiger partial charge in [-0.25, -0.2) is 0 Å². The molecule has 0 fully saturated rings. The smallest absolute Gasteiger partial charge is 0.230 e. The van der Waals surface area contributed by atoms with Gasteiger partial charge in [0.15, 0.2) is 5.82 Å². The van der Waals surface area contributed by atoms with Crippen LogP contribution in [0.5, 0.6) is 5.75 Å². The van der Waals surface area contributed by atoms with E-state index in [0.717, 1.165) is 23.4 Å². The van der Waals surface area contributed by atoms with Crippen molar-refractivity contribution >= 4 is 23.1 Å². The molecular weight excluding hydrogens is 362 g/mol. The summed E-state index contributed by atoms with van der Waals surface area (Å²) in [6.45, 7) is 0.662. The number of anilines is 1. The summed E-state index contributed by atoms with van der Waals surface area (Å²) in [5.74, 6) is 1.37. The van der Waals surface area contributed by atoms with E-state index in [-0.39, 0.29) is 12.0 Å². The van der Waals surface area contributed by atoms with E-state index in [0.29, 0.717) is 18.8 Å². The first-order chi connectivity index (χ1) is 13.2. The zero-order valence-corrected chi connectivity index (χ0v) is 16.1. The third-order valence-corrected chi connectivity index (χ3v) is 5.86. The van der Waals surface area contributed by atoms with E-state index >= 15 is 0 Å². The van der Waals surface area contributed by atoms with Crippen LogP contribution in [-0.2, 0) is 16.0 Å². The first-order valence-corrected chi connectivity index (χ1v) is 9.68. The van der Waals surface area contributed by atoms with E-state index in [1.807, 2.05) is 30.3 Å². The van der Waals surface area contributed by atoms with Gasteiger partial charge in [-0.15, -0.1) is 11.3 Å². The SMILES string of the molecule is COc1ccc(-c2cc(N(C)C(=O)C[C@@H]3OCCc4ccsc43)n[nH]2)cc1. The predicted octanol–water partition coefficient (Wildman–Crippen LogP) is 3.81. The maximum atomic E-state index is 12.8. The van der Waals surface area contributed by atoms with Gasteiger partial charge in [-0.05, 0) is 53.3 Å². The van der Waals surface area contributed by atoms with Crippen molar-refractivity contribution < 1.29 is 14.3 Å². The van der Waals surface area contributed by atoms with Crippen LogP contribution < -0.4 is 9.64 Å². The van der Waals surface area contributed by atoms with Gasteiger partial charge in [0.05, 0.1) is 25.8 Å². The second kappa shape index (κ2) is 7.54. The Morgan fingerprint density at radius 1 is 1.37 bits per heavy atom. The number of aromatic nitrogens is 2. The second-order valence-electron chi connectivity index (χ2n) is 6.44. The number of amides is 1. The highest BCUT2D eigenvalue weighted by Crippen LogP contribution is 2.34. The molecule has 1 aliphatic heterocycles. The number of nitrogens with one attached hydrogen (secondary N) is 1. The molecule has 7 heteroatoms. The summed E-state index contributed by atoms with van der Waals surface area (Å²) in [5, 5.41) is 9.36. The molecular formula is C20H21N3O3S. The van der Waals surface area contributed by atoms with Crippen LogP contribution in [0.4, 0.5) is 5.82 Å². The number of ether oxygens (including phenoxy) is 2. The summed E-state index contributed by atoms with van der Waals surface area (Å²) in [7, 11) is 3.38. The summed E-state index contributed by atoms with van der Waals surface area (Å²) in [4.78, 5) is 15.5. The summed E-state index contributed by atoms with van der Waals surface area (Å²) < 4.78 is 11.0. The average molecular weight is 383 g/mol. The number of carbonyl (C=O) groups is 1. The van der Waals surface area contributed by atoms with Crippen molar-refractivity contribution in [3.8, 4) is 17.0 Å². The Morgan fingerprint density at radius 2 is 2.19 bits per heavy atom. The lowest BCUT2D eigenvalue weighted by Gasteiger charge is -2.24. The molecule has 6 nitrogen and oxygen atoms in total. The molecule has 0 saturated carbocycles. The van der Waals surface area contributed by atoms with Crippen molar-refractivity contribution in [2.24, 2.45) is 0 Å². The predicted molar refractivity (Wildman–Crippen MR) is 105 cm³/mol. The van der Waals surface area contributed by atoms with Crippen LogP contribution in [0.3, 0.4) is 0 Å². The minimum absolute atomic E-state index is 0.0194. The summed E-state index contributed by atoms with van der Waals surface area (Å²) >= 11 is 1.66. The Morgan fingerprint density at radius 3 is 2.96 bits per heavy atom. The lowest BCUT2D eigenvalue weighted by molar-refractivity contribution is -0.121. The number of aromatic amines is 1. The number of carbonyl (C=O) groups excluding carboxylic acids is 1. The summed E-state index contributed by atoms with van der Waals surface area (Å²) in [6.07, 6.45) is 1.07. The Balaban J connectivity index is 1.46. The Bertz CT molecular complexity index is 932. The fourth-order valence-corrected chi connectivity index (χ4v) is 4.20. The molecule has 27 heavy (non-hydrogen) atoms. The molecule has 1 aliphatic rings. The van der Waals surface area contributed by atoms with E-state index in [1.54, 1.807) is 30.4 Å². The molecule has 3 aromatic rings. The Kier molecular flexibility index (Phi) is 4.96. The van der Waals surface area contributed by atoms with Crippen LogP contribution in [-0.4, -0.2) is 36.9 Å². The number of thiophene rings is 1. The maximum absolute atomic E-state index is 12.8. The van der Waals surface area contributed by atoms with Gasteiger partial charge in [-0.1, -0.05) is 0 Å². The van der Waals surface area contributed by atoms with Crippen molar-refractivity contribution in [2.45, 2.75) is 18.9 Å². The van der Waals surface area contributed by atoms with Crippen LogP contribution >= 0.6 is 11.3 Å². The number of H-pyrrole nitrogens is 1. The number of benzene rings is 1. The van der Waals surface area contributed by atoms with Crippen molar-refractivity contribution in [2.75, 3.05) is 25.7 Å². The van der Waals surface area contributed by atoms with E-state index < -0.39 is 0 Å². The van der Waals surface area contributed by atoms with Crippen molar-refractivity contribution in [3.05, 3.63) is 52.2 Å². The first-order valence-electron chi connectivity index (χ1n) is 8.80. The van der Waals surface area contributed by atoms with Gasteiger partial charge >= 0.3 is 0 Å². The summed E-state index contributed by atoms with van der Waals surface area (Å²) in [6, 6.07) is 11.7. The third kappa shape index (κ3) is 3.61. The van der Waals surface area contributed by atoms with E-state index in [9.17, 15) is 4.79 Å². The number of rotatable bonds is 5. The fourth-order valence-electron chi connectivity index (χ4n) is 3.20. The van der Waals surface area contributed by atoms with Gasteiger partial charge < -0.3 is 9.47 Å². The number of hydrogen-bond donors (Lipinski definition) is 1. The Labute approximate surface area is 161 Å². The van der Waals surface area contributed by atoms with Crippen molar-refractivity contribution in [1.82, 2.24) is 10.2 Å². The van der Waals surface area contributed by atoms with Crippen LogP contribution in [0.25, 0.3) is 11.3 Å². The molecule has 4 rings (SSSR count). The number of methoxy groups -OCH3 is 1. The van der Waals surface area contributed by atoms with E-state index in [2.05, 4.69) is 21.6 Å². The Hall–Kier alpha value is -2.64. The fraction of sp³-hybridized carbons (Fsp3) is 0.300. The highest BCUT2D eigenvalue weighted by Gasteiger charge is 2.27. The first kappa shape index (κ1) is 17.8. The zero-order valence-electron chi connectivity index (χ0n) is 15.3. The largest absolute Gasteiger partial charge is 0.497 e. The van der Waals surface area contributed by atoms with Gasteiger partial charge in [0.2, 0.25) is 5.91 Å². The monoisotopic (exact) mass is 383 g/mol. The topological polar surface area (TPSA) is 67.4 Å². The molecule has 140 valence electrons. The van der Waals surface area contributed by atoms with Gasteiger partial charge in [-0.3, -0.25) is 14.8 Å². The van der Waals surface area contributed by atoms with E-state index in [4.69, 9.17) is 9.47 Å². The van der Waals surface area contributed by atoms with E-state index in [1.165, 1.54) is 10.4 Å². The standard InChI is InChI=1S/C20H21N3O3S/c1-23(19(24)12-17-20-14(7-9-26-17)8-10-27-20)18-11-16(21-22-18)13-3-5-15(25-2)6-4-13/h3-6,8,10-11,17H,7,9,12H2,1-2H3,(H,21,22)/t17-/m0/s1. The third-order valence-electron chi connectivity index (χ3n) is 4.81. The molecule has 0 unspecified atom stereocenters. The molecule has 0 spiro atoms. The molecule has 0 radical (unpaired) electrons. The highest BCUT2D eigenvalue weighted by atomic mass is 32.1. The molecule has 0 saturated heterocycles. The maximum Gasteiger partial charge on any atom is 0.230 e. The number of fused-ring (bicyclic) bond motifs is 1. The molecule has 2 aromatic heterocycles. The zero-order chi connectivity index (χ0) is 18.8. The average Bonchev–Trinajstić information content (AvgIpc) is 3.37. The van der Waals surface area contributed by atoms with Gasteiger partial charge in [0.1, 0.15) is 11.9 Å². The minimum atomic E-state index is -0.163. The van der Waals surface area contributed by atoms with Crippen molar-refractivity contribution in [1.29, 1.82) is 0 Å². The van der Waals surface area contributed by atoms with Gasteiger partial charge in [0.25, 0.3) is 0 Å².